The van der Waals surface area contributed by atoms with Crippen LogP contribution in [0.5, 0.6) is 5.75 Å². The van der Waals surface area contributed by atoms with Crippen molar-refractivity contribution in [3.05, 3.63) is 83.4 Å². The first kappa shape index (κ1) is 37.2. The normalized spacial score (nSPS) is 19.6. The molecule has 0 saturated heterocycles. The zero-order chi connectivity index (χ0) is 34.6. The fourth-order valence-electron chi connectivity index (χ4n) is 8.12. The summed E-state index contributed by atoms with van der Waals surface area (Å²) in [6.07, 6.45) is 23.6. The number of allylic oxidation sites excluding steroid dienone is 2. The van der Waals surface area contributed by atoms with E-state index in [4.69, 9.17) is 4.74 Å². The molecule has 1 saturated carbocycles. The monoisotopic (exact) mass is 676 g/mol. The highest BCUT2D eigenvalue weighted by molar-refractivity contribution is 5.74. The summed E-state index contributed by atoms with van der Waals surface area (Å²) in [5, 5.41) is 0. The topological polar surface area (TPSA) is 9.23 Å². The number of rotatable bonds is 17. The maximum Gasteiger partial charge on any atom is 0.201 e. The van der Waals surface area contributed by atoms with E-state index in [1.807, 2.05) is 0 Å². The van der Waals surface area contributed by atoms with E-state index < -0.39 is 23.3 Å². The lowest BCUT2D eigenvalue weighted by atomic mass is 9.70. The van der Waals surface area contributed by atoms with Gasteiger partial charge < -0.3 is 4.74 Å². The first-order chi connectivity index (χ1) is 23.9. The molecule has 2 aliphatic rings. The van der Waals surface area contributed by atoms with Crippen LogP contribution in [0.4, 0.5) is 17.6 Å². The molecule has 1 atom stereocenters. The number of ether oxygens (including phenoxy) is 1. The van der Waals surface area contributed by atoms with Crippen LogP contribution in [0.1, 0.15) is 135 Å². The van der Waals surface area contributed by atoms with E-state index in [2.05, 4.69) is 19.9 Å². The third-order valence-electron chi connectivity index (χ3n) is 11.2. The summed E-state index contributed by atoms with van der Waals surface area (Å²) >= 11 is 0. The zero-order valence-corrected chi connectivity index (χ0v) is 29.8. The summed E-state index contributed by atoms with van der Waals surface area (Å²) in [5.74, 6) is -1.51. The van der Waals surface area contributed by atoms with Gasteiger partial charge in [-0.05, 0) is 85.1 Å². The van der Waals surface area contributed by atoms with E-state index >= 15 is 13.2 Å². The molecule has 266 valence electrons. The van der Waals surface area contributed by atoms with Gasteiger partial charge in [0.05, 0.1) is 6.61 Å². The number of unbranched alkanes of at least 4 members (excludes halogenated alkanes) is 8. The van der Waals surface area contributed by atoms with Crippen molar-refractivity contribution >= 4 is 5.57 Å². The summed E-state index contributed by atoms with van der Waals surface area (Å²) in [6, 6.07) is 12.7. The van der Waals surface area contributed by atoms with Crippen molar-refractivity contribution in [2.75, 3.05) is 6.61 Å². The molecule has 0 aliphatic heterocycles. The largest absolute Gasteiger partial charge is 0.490 e. The minimum absolute atomic E-state index is 0.0923. The highest BCUT2D eigenvalue weighted by atomic mass is 19.2. The van der Waals surface area contributed by atoms with Crippen LogP contribution >= 0.6 is 0 Å². The Bertz CT molecular complexity index is 1500. The first-order valence-electron chi connectivity index (χ1n) is 19.3. The summed E-state index contributed by atoms with van der Waals surface area (Å²) in [7, 11) is 0. The van der Waals surface area contributed by atoms with Gasteiger partial charge in [0.1, 0.15) is 0 Å². The second kappa shape index (κ2) is 18.8. The molecule has 49 heavy (non-hydrogen) atoms. The van der Waals surface area contributed by atoms with Crippen LogP contribution < -0.4 is 4.74 Å². The van der Waals surface area contributed by atoms with Crippen LogP contribution in [0.3, 0.4) is 0 Å². The molecular weight excluding hydrogens is 620 g/mol. The Kier molecular flexibility index (Phi) is 14.3. The second-order valence-electron chi connectivity index (χ2n) is 14.6. The predicted molar refractivity (Wildman–Crippen MR) is 196 cm³/mol. The molecule has 0 bridgehead atoms. The Hall–Kier alpha value is -3.08. The van der Waals surface area contributed by atoms with Crippen molar-refractivity contribution in [1.82, 2.24) is 0 Å². The van der Waals surface area contributed by atoms with Crippen LogP contribution in [-0.4, -0.2) is 6.61 Å². The van der Waals surface area contributed by atoms with Crippen LogP contribution in [0.2, 0.25) is 0 Å². The van der Waals surface area contributed by atoms with Crippen molar-refractivity contribution < 1.29 is 22.3 Å². The highest BCUT2D eigenvalue weighted by Gasteiger charge is 2.29. The van der Waals surface area contributed by atoms with E-state index in [-0.39, 0.29) is 16.9 Å². The third kappa shape index (κ3) is 9.79. The maximum absolute atomic E-state index is 15.5. The summed E-state index contributed by atoms with van der Waals surface area (Å²) in [6.45, 7) is 4.75. The van der Waals surface area contributed by atoms with Crippen LogP contribution in [-0.2, 0) is 0 Å². The van der Waals surface area contributed by atoms with Gasteiger partial charge in [-0.15, -0.1) is 0 Å². The minimum Gasteiger partial charge on any atom is -0.490 e. The molecule has 1 nitrogen and oxygen atoms in total. The third-order valence-corrected chi connectivity index (χ3v) is 11.2. The number of benzene rings is 3. The van der Waals surface area contributed by atoms with Gasteiger partial charge in [0.25, 0.3) is 0 Å². The molecule has 3 aromatic carbocycles. The predicted octanol–water partition coefficient (Wildman–Crippen LogP) is 14.3. The molecule has 0 aromatic heterocycles. The first-order valence-corrected chi connectivity index (χ1v) is 19.3. The van der Waals surface area contributed by atoms with Crippen LogP contribution in [0.25, 0.3) is 27.8 Å². The van der Waals surface area contributed by atoms with Gasteiger partial charge in [0.15, 0.2) is 23.2 Å². The number of halogens is 4. The van der Waals surface area contributed by atoms with Crippen LogP contribution in [0.15, 0.2) is 54.6 Å². The molecule has 0 heterocycles. The van der Waals surface area contributed by atoms with E-state index in [1.165, 1.54) is 76.3 Å². The fraction of sp³-hybridized carbons (Fsp3) is 0.545. The van der Waals surface area contributed by atoms with E-state index in [9.17, 15) is 4.39 Å². The van der Waals surface area contributed by atoms with Gasteiger partial charge in [-0.2, -0.15) is 4.39 Å². The van der Waals surface area contributed by atoms with E-state index in [0.717, 1.165) is 68.8 Å². The van der Waals surface area contributed by atoms with Crippen molar-refractivity contribution in [3.63, 3.8) is 0 Å². The molecule has 0 N–H and O–H groups in total. The average Bonchev–Trinajstić information content (AvgIpc) is 3.13. The Morgan fingerprint density at radius 1 is 0.551 bits per heavy atom. The standard InChI is InChI=1S/C44H56F4O/c1-3-5-7-9-11-13-31-14-16-32(17-15-31)33-18-20-34(21-19-33)37-26-27-38(42(46)41(37)45)35-22-24-36(25-23-35)39-28-29-40(44(48)43(39)47)49-30-12-10-8-6-4-2/h20,22-29,31-33H,3-19,21,30H2,1-2H3. The maximum atomic E-state index is 15.5. The lowest BCUT2D eigenvalue weighted by Gasteiger charge is -2.35. The lowest BCUT2D eigenvalue weighted by Crippen LogP contribution is -2.23. The van der Waals surface area contributed by atoms with Gasteiger partial charge in [0, 0.05) is 16.7 Å². The van der Waals surface area contributed by atoms with Gasteiger partial charge in [-0.1, -0.05) is 133 Å². The molecule has 2 aliphatic carbocycles. The Morgan fingerprint density at radius 3 is 1.71 bits per heavy atom. The quantitative estimate of drug-likeness (QED) is 0.102. The van der Waals surface area contributed by atoms with Crippen molar-refractivity contribution in [1.29, 1.82) is 0 Å². The number of hydrogen-bond donors (Lipinski definition) is 0. The summed E-state index contributed by atoms with van der Waals surface area (Å²) in [5.41, 5.74) is 2.42. The molecule has 1 unspecified atom stereocenters. The van der Waals surface area contributed by atoms with Gasteiger partial charge in [0.2, 0.25) is 5.82 Å². The lowest BCUT2D eigenvalue weighted by molar-refractivity contribution is 0.187. The van der Waals surface area contributed by atoms with Crippen molar-refractivity contribution in [2.45, 2.75) is 129 Å². The molecule has 0 radical (unpaired) electrons. The Labute approximate surface area is 292 Å². The molecule has 3 aromatic rings. The fourth-order valence-corrected chi connectivity index (χ4v) is 8.12. The molecule has 0 amide bonds. The smallest absolute Gasteiger partial charge is 0.201 e. The summed E-state index contributed by atoms with van der Waals surface area (Å²) in [4.78, 5) is 0. The van der Waals surface area contributed by atoms with Crippen molar-refractivity contribution in [2.24, 2.45) is 17.8 Å². The zero-order valence-electron chi connectivity index (χ0n) is 29.8. The summed E-state index contributed by atoms with van der Waals surface area (Å²) < 4.78 is 66.4. The van der Waals surface area contributed by atoms with Crippen molar-refractivity contribution in [3.8, 4) is 28.0 Å². The Balaban J connectivity index is 1.16. The number of hydrogen-bond acceptors (Lipinski definition) is 1. The highest BCUT2D eigenvalue weighted by Crippen LogP contribution is 2.43. The Morgan fingerprint density at radius 2 is 1.10 bits per heavy atom. The van der Waals surface area contributed by atoms with E-state index in [0.29, 0.717) is 29.2 Å². The molecule has 0 spiro atoms. The minimum atomic E-state index is -1.02. The van der Waals surface area contributed by atoms with Gasteiger partial charge in [-0.3, -0.25) is 0 Å². The molecular formula is C44H56F4O. The van der Waals surface area contributed by atoms with Gasteiger partial charge in [-0.25, -0.2) is 13.2 Å². The molecule has 1 fully saturated rings. The van der Waals surface area contributed by atoms with Crippen LogP contribution in [0, 0.1) is 41.0 Å². The SMILES string of the molecule is CCCCCCCOc1ccc(-c2ccc(-c3ccc(C4=CCC(C5CCC(CCCCCCC)CC5)CC4)c(F)c3F)cc2)c(F)c1F. The van der Waals surface area contributed by atoms with E-state index in [1.54, 1.807) is 36.4 Å². The average molecular weight is 677 g/mol. The molecule has 5 rings (SSSR count). The second-order valence-corrected chi connectivity index (χ2v) is 14.6. The molecule has 5 heteroatoms. The van der Waals surface area contributed by atoms with Gasteiger partial charge >= 0.3 is 0 Å².